The van der Waals surface area contributed by atoms with Gasteiger partial charge in [-0.25, -0.2) is 0 Å². The van der Waals surface area contributed by atoms with E-state index in [1.807, 2.05) is 6.08 Å². The molecule has 1 nitrogen and oxygen atoms in total. The fourth-order valence-corrected chi connectivity index (χ4v) is 1.78. The molecule has 1 aromatic rings. The van der Waals surface area contributed by atoms with Crippen LogP contribution >= 0.6 is 0 Å². The van der Waals surface area contributed by atoms with E-state index in [1.54, 1.807) is 0 Å². The van der Waals surface area contributed by atoms with E-state index in [9.17, 15) is 0 Å². The second kappa shape index (κ2) is 4.26. The maximum Gasteiger partial charge on any atom is 0.0613 e. The lowest BCUT2D eigenvalue weighted by atomic mass is 10.0. The van der Waals surface area contributed by atoms with E-state index in [-0.39, 0.29) is 0 Å². The molecule has 0 saturated heterocycles. The molecular weight excluding hydrogens is 182 g/mol. The summed E-state index contributed by atoms with van der Waals surface area (Å²) in [5, 5.41) is 0. The highest BCUT2D eigenvalue weighted by Crippen LogP contribution is 2.16. The van der Waals surface area contributed by atoms with Crippen molar-refractivity contribution in [3.8, 4) is 0 Å². The smallest absolute Gasteiger partial charge is 0.0613 e. The van der Waals surface area contributed by atoms with Crippen LogP contribution in [0.4, 0.5) is 0 Å². The Kier molecular flexibility index (Phi) is 2.82. The van der Waals surface area contributed by atoms with Gasteiger partial charge in [0.1, 0.15) is 0 Å². The van der Waals surface area contributed by atoms with Crippen molar-refractivity contribution >= 4 is 5.71 Å². The third-order valence-electron chi connectivity index (χ3n) is 2.70. The number of aryl methyl sites for hydroxylation is 1. The standard InChI is InChI=1S/C14H15N/c1-3-14-9-12(10-15-14)8-13-7-5-4-6-11(13)2/h3-7,9H,1,8,10H2,2H3. The summed E-state index contributed by atoms with van der Waals surface area (Å²) in [6.45, 7) is 6.71. The molecule has 15 heavy (non-hydrogen) atoms. The Labute approximate surface area is 90.9 Å². The number of rotatable bonds is 3. The molecule has 0 atom stereocenters. The van der Waals surface area contributed by atoms with Crippen LogP contribution in [0.3, 0.4) is 0 Å². The van der Waals surface area contributed by atoms with Gasteiger partial charge in [-0.3, -0.25) is 4.99 Å². The van der Waals surface area contributed by atoms with Crippen LogP contribution in [0.15, 0.2) is 53.6 Å². The van der Waals surface area contributed by atoms with Gasteiger partial charge >= 0.3 is 0 Å². The molecule has 0 aliphatic carbocycles. The Morgan fingerprint density at radius 2 is 2.20 bits per heavy atom. The average molecular weight is 197 g/mol. The summed E-state index contributed by atoms with van der Waals surface area (Å²) in [6, 6.07) is 8.50. The predicted octanol–water partition coefficient (Wildman–Crippen LogP) is 3.10. The van der Waals surface area contributed by atoms with Crippen molar-refractivity contribution in [1.82, 2.24) is 0 Å². The Morgan fingerprint density at radius 1 is 1.40 bits per heavy atom. The minimum atomic E-state index is 0.829. The van der Waals surface area contributed by atoms with Crippen LogP contribution in [0.5, 0.6) is 0 Å². The zero-order valence-electron chi connectivity index (χ0n) is 9.03. The van der Waals surface area contributed by atoms with E-state index in [0.29, 0.717) is 0 Å². The predicted molar refractivity (Wildman–Crippen MR) is 65.5 cm³/mol. The van der Waals surface area contributed by atoms with E-state index in [0.717, 1.165) is 18.7 Å². The molecular formula is C14H15N. The SMILES string of the molecule is C=CC1=NCC(Cc2ccccc2C)=C1. The highest BCUT2D eigenvalue weighted by molar-refractivity contribution is 6.05. The molecule has 76 valence electrons. The molecule has 0 unspecified atom stereocenters. The van der Waals surface area contributed by atoms with Crippen molar-refractivity contribution in [1.29, 1.82) is 0 Å². The van der Waals surface area contributed by atoms with Gasteiger partial charge in [0.2, 0.25) is 0 Å². The molecule has 0 spiro atoms. The number of allylic oxidation sites excluding steroid dienone is 2. The molecule has 0 aromatic heterocycles. The van der Waals surface area contributed by atoms with Crippen LogP contribution in [-0.2, 0) is 6.42 Å². The molecule has 0 radical (unpaired) electrons. The van der Waals surface area contributed by atoms with Crippen molar-refractivity contribution in [3.63, 3.8) is 0 Å². The number of aliphatic imine (C=N–C) groups is 1. The highest BCUT2D eigenvalue weighted by Gasteiger charge is 2.07. The van der Waals surface area contributed by atoms with E-state index in [4.69, 9.17) is 0 Å². The summed E-state index contributed by atoms with van der Waals surface area (Å²) < 4.78 is 0. The second-order valence-corrected chi connectivity index (χ2v) is 3.85. The average Bonchev–Trinajstić information content (AvgIpc) is 2.69. The van der Waals surface area contributed by atoms with Gasteiger partial charge in [-0.2, -0.15) is 0 Å². The van der Waals surface area contributed by atoms with Gasteiger partial charge in [0.05, 0.1) is 12.3 Å². The number of hydrogen-bond acceptors (Lipinski definition) is 1. The molecule has 1 aliphatic rings. The molecule has 0 fully saturated rings. The number of benzene rings is 1. The first kappa shape index (κ1) is 9.91. The van der Waals surface area contributed by atoms with Gasteiger partial charge in [-0.05, 0) is 42.2 Å². The van der Waals surface area contributed by atoms with Crippen LogP contribution in [0.25, 0.3) is 0 Å². The largest absolute Gasteiger partial charge is 0.281 e. The van der Waals surface area contributed by atoms with E-state index in [2.05, 4.69) is 48.8 Å². The lowest BCUT2D eigenvalue weighted by molar-refractivity contribution is 1.05. The van der Waals surface area contributed by atoms with Gasteiger partial charge in [0.15, 0.2) is 0 Å². The fraction of sp³-hybridized carbons (Fsp3) is 0.214. The highest BCUT2D eigenvalue weighted by atomic mass is 14.7. The quantitative estimate of drug-likeness (QED) is 0.706. The third-order valence-corrected chi connectivity index (χ3v) is 2.70. The monoisotopic (exact) mass is 197 g/mol. The van der Waals surface area contributed by atoms with Crippen molar-refractivity contribution in [2.45, 2.75) is 13.3 Å². The van der Waals surface area contributed by atoms with Gasteiger partial charge in [-0.15, -0.1) is 0 Å². The maximum absolute atomic E-state index is 4.37. The van der Waals surface area contributed by atoms with Crippen LogP contribution in [0.2, 0.25) is 0 Å². The second-order valence-electron chi connectivity index (χ2n) is 3.85. The minimum absolute atomic E-state index is 0.829. The normalized spacial score (nSPS) is 14.7. The van der Waals surface area contributed by atoms with Crippen LogP contribution < -0.4 is 0 Å². The molecule has 1 heterocycles. The summed E-state index contributed by atoms with van der Waals surface area (Å²) in [5.74, 6) is 0. The van der Waals surface area contributed by atoms with Gasteiger partial charge in [0, 0.05) is 0 Å². The summed E-state index contributed by atoms with van der Waals surface area (Å²) in [5.41, 5.74) is 5.13. The first-order valence-electron chi connectivity index (χ1n) is 5.20. The summed E-state index contributed by atoms with van der Waals surface area (Å²) in [4.78, 5) is 4.37. The minimum Gasteiger partial charge on any atom is -0.281 e. The molecule has 1 aromatic carbocycles. The lowest BCUT2D eigenvalue weighted by Crippen LogP contribution is -1.94. The molecule has 2 rings (SSSR count). The van der Waals surface area contributed by atoms with Crippen molar-refractivity contribution in [2.75, 3.05) is 6.54 Å². The maximum atomic E-state index is 4.37. The Morgan fingerprint density at radius 3 is 2.87 bits per heavy atom. The molecule has 0 amide bonds. The van der Waals surface area contributed by atoms with Gasteiger partial charge in [-0.1, -0.05) is 30.8 Å². The van der Waals surface area contributed by atoms with Gasteiger partial charge < -0.3 is 0 Å². The van der Waals surface area contributed by atoms with Crippen LogP contribution in [-0.4, -0.2) is 12.3 Å². The van der Waals surface area contributed by atoms with E-state index >= 15 is 0 Å². The third kappa shape index (κ3) is 2.24. The van der Waals surface area contributed by atoms with Crippen molar-refractivity contribution < 1.29 is 0 Å². The van der Waals surface area contributed by atoms with Crippen molar-refractivity contribution in [3.05, 3.63) is 59.7 Å². The Bertz CT molecular complexity index is 438. The molecule has 0 bridgehead atoms. The summed E-state index contributed by atoms with van der Waals surface area (Å²) in [6.07, 6.45) is 4.96. The first-order valence-corrected chi connectivity index (χ1v) is 5.20. The lowest BCUT2D eigenvalue weighted by Gasteiger charge is -2.04. The molecule has 0 saturated carbocycles. The number of nitrogens with zero attached hydrogens (tertiary/aromatic N) is 1. The first-order chi connectivity index (χ1) is 7.29. The molecule has 1 aliphatic heterocycles. The molecule has 0 N–H and O–H groups in total. The van der Waals surface area contributed by atoms with E-state index in [1.165, 1.54) is 16.7 Å². The summed E-state index contributed by atoms with van der Waals surface area (Å²) in [7, 11) is 0. The van der Waals surface area contributed by atoms with Crippen LogP contribution in [0.1, 0.15) is 11.1 Å². The van der Waals surface area contributed by atoms with E-state index < -0.39 is 0 Å². The topological polar surface area (TPSA) is 12.4 Å². The zero-order chi connectivity index (χ0) is 10.7. The molecule has 1 heteroatoms. The fourth-order valence-electron chi connectivity index (χ4n) is 1.78. The van der Waals surface area contributed by atoms with Crippen LogP contribution in [0, 0.1) is 6.92 Å². The zero-order valence-corrected chi connectivity index (χ0v) is 9.03. The van der Waals surface area contributed by atoms with Crippen molar-refractivity contribution in [2.24, 2.45) is 4.99 Å². The Balaban J connectivity index is 2.12. The number of hydrogen-bond donors (Lipinski definition) is 0. The summed E-state index contributed by atoms with van der Waals surface area (Å²) >= 11 is 0. The Hall–Kier alpha value is -1.63. The van der Waals surface area contributed by atoms with Gasteiger partial charge in [0.25, 0.3) is 0 Å².